The van der Waals surface area contributed by atoms with E-state index in [1.807, 2.05) is 7.05 Å². The van der Waals surface area contributed by atoms with Crippen LogP contribution in [0.1, 0.15) is 30.4 Å². The van der Waals surface area contributed by atoms with Crippen molar-refractivity contribution in [3.8, 4) is 0 Å². The summed E-state index contributed by atoms with van der Waals surface area (Å²) < 4.78 is 37.3. The van der Waals surface area contributed by atoms with Crippen LogP contribution in [0.25, 0.3) is 0 Å². The van der Waals surface area contributed by atoms with Crippen molar-refractivity contribution in [3.63, 3.8) is 0 Å². The van der Waals surface area contributed by atoms with Gasteiger partial charge < -0.3 is 5.32 Å². The number of alkyl halides is 3. The summed E-state index contributed by atoms with van der Waals surface area (Å²) in [7, 11) is 1.92. The van der Waals surface area contributed by atoms with Gasteiger partial charge in [0.05, 0.1) is 5.56 Å². The molecule has 0 heterocycles. The number of rotatable bonds is 4. The highest BCUT2D eigenvalue weighted by Gasteiger charge is 2.30. The summed E-state index contributed by atoms with van der Waals surface area (Å²) in [4.78, 5) is 0. The molecule has 0 saturated heterocycles. The second kappa shape index (κ2) is 5.31. The fourth-order valence-corrected chi connectivity index (χ4v) is 2.43. The van der Waals surface area contributed by atoms with E-state index < -0.39 is 11.7 Å². The van der Waals surface area contributed by atoms with Crippen molar-refractivity contribution in [2.45, 2.75) is 37.9 Å². The molecule has 18 heavy (non-hydrogen) atoms. The molecule has 0 radical (unpaired) electrons. The Bertz CT molecular complexity index is 379. The summed E-state index contributed by atoms with van der Waals surface area (Å²) in [6.07, 6.45) is 0.294. The highest BCUT2D eigenvalue weighted by atomic mass is 19.4. The quantitative estimate of drug-likeness (QED) is 0.868. The van der Waals surface area contributed by atoms with Gasteiger partial charge in [-0.3, -0.25) is 0 Å². The lowest BCUT2D eigenvalue weighted by atomic mass is 9.77. The van der Waals surface area contributed by atoms with Crippen LogP contribution in [-0.4, -0.2) is 13.1 Å². The van der Waals surface area contributed by atoms with Crippen LogP contribution in [0.5, 0.6) is 0 Å². The van der Waals surface area contributed by atoms with Gasteiger partial charge in [0.25, 0.3) is 0 Å². The largest absolute Gasteiger partial charge is 0.416 e. The van der Waals surface area contributed by atoms with E-state index in [1.54, 1.807) is 12.1 Å². The topological polar surface area (TPSA) is 12.0 Å². The standard InChI is InChI=1S/C14H18F3N/c1-18-13(11-3-2-4-11)9-10-5-7-12(8-6-10)14(15,16)17/h5-8,11,13,18H,2-4,9H2,1H3. The minimum absolute atomic E-state index is 0.385. The first-order valence-corrected chi connectivity index (χ1v) is 6.34. The summed E-state index contributed by atoms with van der Waals surface area (Å²) in [6, 6.07) is 5.90. The van der Waals surface area contributed by atoms with Crippen LogP contribution in [0, 0.1) is 5.92 Å². The molecule has 1 N–H and O–H groups in total. The van der Waals surface area contributed by atoms with Crippen LogP contribution in [0.2, 0.25) is 0 Å². The van der Waals surface area contributed by atoms with Gasteiger partial charge in [0.2, 0.25) is 0 Å². The van der Waals surface area contributed by atoms with Gasteiger partial charge in [-0.15, -0.1) is 0 Å². The number of benzene rings is 1. The third-order valence-corrected chi connectivity index (χ3v) is 3.83. The van der Waals surface area contributed by atoms with Gasteiger partial charge in [0, 0.05) is 6.04 Å². The van der Waals surface area contributed by atoms with Crippen LogP contribution in [0.3, 0.4) is 0 Å². The molecule has 1 atom stereocenters. The maximum Gasteiger partial charge on any atom is 0.416 e. The zero-order valence-corrected chi connectivity index (χ0v) is 10.4. The van der Waals surface area contributed by atoms with E-state index in [-0.39, 0.29) is 0 Å². The van der Waals surface area contributed by atoms with E-state index in [4.69, 9.17) is 0 Å². The summed E-state index contributed by atoms with van der Waals surface area (Å²) in [5, 5.41) is 3.28. The average Bonchev–Trinajstić information content (AvgIpc) is 2.25. The van der Waals surface area contributed by atoms with Gasteiger partial charge in [-0.05, 0) is 49.9 Å². The zero-order chi connectivity index (χ0) is 13.2. The highest BCUT2D eigenvalue weighted by molar-refractivity contribution is 5.25. The summed E-state index contributed by atoms with van der Waals surface area (Å²) >= 11 is 0. The normalized spacial score (nSPS) is 18.4. The molecular formula is C14H18F3N. The molecule has 0 spiro atoms. The number of hydrogen-bond acceptors (Lipinski definition) is 1. The van der Waals surface area contributed by atoms with E-state index in [2.05, 4.69) is 5.32 Å². The van der Waals surface area contributed by atoms with Crippen LogP contribution >= 0.6 is 0 Å². The van der Waals surface area contributed by atoms with Crippen molar-refractivity contribution in [1.82, 2.24) is 5.32 Å². The van der Waals surface area contributed by atoms with Gasteiger partial charge in [0.1, 0.15) is 0 Å². The van der Waals surface area contributed by atoms with Crippen molar-refractivity contribution in [2.75, 3.05) is 7.05 Å². The molecule has 1 aliphatic carbocycles. The summed E-state index contributed by atoms with van der Waals surface area (Å²) in [6.45, 7) is 0. The Morgan fingerprint density at radius 1 is 1.22 bits per heavy atom. The Morgan fingerprint density at radius 3 is 2.22 bits per heavy atom. The van der Waals surface area contributed by atoms with Crippen LogP contribution in [-0.2, 0) is 12.6 Å². The smallest absolute Gasteiger partial charge is 0.316 e. The van der Waals surface area contributed by atoms with E-state index >= 15 is 0 Å². The SMILES string of the molecule is CNC(Cc1ccc(C(F)(F)F)cc1)C1CCC1. The molecule has 0 aromatic heterocycles. The number of nitrogens with one attached hydrogen (secondary N) is 1. The maximum absolute atomic E-state index is 12.4. The van der Waals surface area contributed by atoms with E-state index in [9.17, 15) is 13.2 Å². The monoisotopic (exact) mass is 257 g/mol. The van der Waals surface area contributed by atoms with Crippen molar-refractivity contribution >= 4 is 0 Å². The molecule has 100 valence electrons. The predicted octanol–water partition coefficient (Wildman–Crippen LogP) is 3.64. The third kappa shape index (κ3) is 3.05. The van der Waals surface area contributed by atoms with Crippen molar-refractivity contribution < 1.29 is 13.2 Å². The highest BCUT2D eigenvalue weighted by Crippen LogP contribution is 2.32. The van der Waals surface area contributed by atoms with Crippen molar-refractivity contribution in [3.05, 3.63) is 35.4 Å². The molecule has 1 fully saturated rings. The summed E-state index contributed by atoms with van der Waals surface area (Å²) in [5.41, 5.74) is 0.394. The molecular weight excluding hydrogens is 239 g/mol. The van der Waals surface area contributed by atoms with Crippen LogP contribution in [0.4, 0.5) is 13.2 Å². The molecule has 0 amide bonds. The number of halogens is 3. The lowest BCUT2D eigenvalue weighted by Crippen LogP contribution is -2.39. The van der Waals surface area contributed by atoms with Crippen LogP contribution < -0.4 is 5.32 Å². The van der Waals surface area contributed by atoms with Crippen molar-refractivity contribution in [2.24, 2.45) is 5.92 Å². The molecule has 1 unspecified atom stereocenters. The molecule has 2 rings (SSSR count). The Balaban J connectivity index is 2.00. The summed E-state index contributed by atoms with van der Waals surface area (Å²) in [5.74, 6) is 0.678. The van der Waals surface area contributed by atoms with Crippen molar-refractivity contribution in [1.29, 1.82) is 0 Å². The molecule has 1 aliphatic rings. The van der Waals surface area contributed by atoms with E-state index in [0.29, 0.717) is 12.0 Å². The fraction of sp³-hybridized carbons (Fsp3) is 0.571. The van der Waals surface area contributed by atoms with E-state index in [1.165, 1.54) is 31.4 Å². The van der Waals surface area contributed by atoms with Gasteiger partial charge in [-0.1, -0.05) is 18.6 Å². The number of likely N-dealkylation sites (N-methyl/N-ethyl adjacent to an activating group) is 1. The Kier molecular flexibility index (Phi) is 3.95. The molecule has 1 saturated carbocycles. The lowest BCUT2D eigenvalue weighted by molar-refractivity contribution is -0.137. The van der Waals surface area contributed by atoms with Gasteiger partial charge in [-0.2, -0.15) is 13.2 Å². The van der Waals surface area contributed by atoms with E-state index in [0.717, 1.165) is 12.0 Å². The average molecular weight is 257 g/mol. The lowest BCUT2D eigenvalue weighted by Gasteiger charge is -2.33. The fourth-order valence-electron chi connectivity index (χ4n) is 2.43. The molecule has 1 aromatic rings. The molecule has 4 heteroatoms. The van der Waals surface area contributed by atoms with Gasteiger partial charge in [-0.25, -0.2) is 0 Å². The molecule has 0 aliphatic heterocycles. The number of hydrogen-bond donors (Lipinski definition) is 1. The first-order chi connectivity index (χ1) is 8.50. The molecule has 1 aromatic carbocycles. The minimum Gasteiger partial charge on any atom is -0.316 e. The Hall–Kier alpha value is -1.03. The van der Waals surface area contributed by atoms with Gasteiger partial charge in [0.15, 0.2) is 0 Å². The second-order valence-corrected chi connectivity index (χ2v) is 4.98. The zero-order valence-electron chi connectivity index (χ0n) is 10.4. The maximum atomic E-state index is 12.4. The Morgan fingerprint density at radius 2 is 1.83 bits per heavy atom. The third-order valence-electron chi connectivity index (χ3n) is 3.83. The first-order valence-electron chi connectivity index (χ1n) is 6.34. The minimum atomic E-state index is -4.24. The molecule has 0 bridgehead atoms. The molecule has 1 nitrogen and oxygen atoms in total. The second-order valence-electron chi connectivity index (χ2n) is 4.98. The van der Waals surface area contributed by atoms with Gasteiger partial charge >= 0.3 is 6.18 Å². The van der Waals surface area contributed by atoms with Crippen LogP contribution in [0.15, 0.2) is 24.3 Å². The Labute approximate surface area is 105 Å². The first kappa shape index (κ1) is 13.4. The predicted molar refractivity (Wildman–Crippen MR) is 65.3 cm³/mol.